The molecular weight excluding hydrogens is 200 g/mol. The molecule has 76 valence electrons. The van der Waals surface area contributed by atoms with Crippen molar-refractivity contribution in [1.29, 1.82) is 0 Å². The monoisotopic (exact) mass is 212 g/mol. The molecule has 0 fully saturated rings. The zero-order chi connectivity index (χ0) is 10.6. The second kappa shape index (κ2) is 5.01. The molecule has 0 saturated carbocycles. The molecule has 0 aliphatic heterocycles. The molecule has 0 aliphatic carbocycles. The van der Waals surface area contributed by atoms with E-state index in [1.807, 2.05) is 6.07 Å². The molecule has 0 atom stereocenters. The van der Waals surface area contributed by atoms with Crippen LogP contribution in [0.4, 0.5) is 0 Å². The van der Waals surface area contributed by atoms with E-state index in [-0.39, 0.29) is 0 Å². The molecule has 0 heterocycles. The topological polar surface area (TPSA) is 26.3 Å². The van der Waals surface area contributed by atoms with E-state index in [1.54, 1.807) is 18.2 Å². The highest BCUT2D eigenvalue weighted by Crippen LogP contribution is 2.15. The molecule has 0 N–H and O–H groups in total. The van der Waals surface area contributed by atoms with Crippen LogP contribution < -0.4 is 4.74 Å². The van der Waals surface area contributed by atoms with Gasteiger partial charge >= 0.3 is 0 Å². The van der Waals surface area contributed by atoms with Crippen LogP contribution in [0.25, 0.3) is 0 Å². The minimum absolute atomic E-state index is 0.458. The molecule has 0 radical (unpaired) electrons. The van der Waals surface area contributed by atoms with E-state index >= 15 is 0 Å². The summed E-state index contributed by atoms with van der Waals surface area (Å²) in [6.45, 7) is 4.77. The number of ether oxygens (including phenoxy) is 1. The van der Waals surface area contributed by atoms with E-state index < -0.39 is 5.24 Å². The van der Waals surface area contributed by atoms with Gasteiger partial charge in [0.15, 0.2) is 0 Å². The third kappa shape index (κ3) is 3.38. The summed E-state index contributed by atoms with van der Waals surface area (Å²) in [6, 6.07) is 6.88. The number of halogens is 1. The minimum atomic E-state index is -0.458. The van der Waals surface area contributed by atoms with Gasteiger partial charge in [-0.15, -0.1) is 0 Å². The molecule has 1 aromatic carbocycles. The predicted molar refractivity (Wildman–Crippen MR) is 57.0 cm³/mol. The number of benzene rings is 1. The predicted octanol–water partition coefficient (Wildman–Crippen LogP) is 3.10. The second-order valence-corrected chi connectivity index (χ2v) is 3.85. The molecule has 0 saturated heterocycles. The Labute approximate surface area is 88.8 Å². The molecule has 1 rings (SSSR count). The Kier molecular flexibility index (Phi) is 3.96. The average Bonchev–Trinajstić information content (AvgIpc) is 2.15. The van der Waals surface area contributed by atoms with Crippen LogP contribution >= 0.6 is 11.6 Å². The number of carbonyl (C=O) groups excluding carboxylic acids is 1. The van der Waals surface area contributed by atoms with Gasteiger partial charge in [-0.1, -0.05) is 19.9 Å². The molecule has 0 aromatic heterocycles. The van der Waals surface area contributed by atoms with Crippen LogP contribution in [0.5, 0.6) is 5.75 Å². The molecule has 14 heavy (non-hydrogen) atoms. The van der Waals surface area contributed by atoms with Gasteiger partial charge in [-0.3, -0.25) is 4.79 Å². The van der Waals surface area contributed by atoms with E-state index in [0.717, 1.165) is 0 Å². The van der Waals surface area contributed by atoms with Gasteiger partial charge in [0.25, 0.3) is 5.24 Å². The van der Waals surface area contributed by atoms with Gasteiger partial charge in [-0.05, 0) is 35.7 Å². The Balaban J connectivity index is 2.69. The third-order valence-corrected chi connectivity index (χ3v) is 1.86. The summed E-state index contributed by atoms with van der Waals surface area (Å²) in [5, 5.41) is -0.458. The Morgan fingerprint density at radius 3 is 2.79 bits per heavy atom. The Morgan fingerprint density at radius 2 is 2.21 bits per heavy atom. The standard InChI is InChI=1S/C11H13ClO2/c1-8(2)7-14-10-5-3-4-9(6-10)11(12)13/h3-6,8H,7H2,1-2H3. The maximum atomic E-state index is 10.8. The normalized spacial score (nSPS) is 10.3. The molecule has 0 aliphatic rings. The minimum Gasteiger partial charge on any atom is -0.493 e. The summed E-state index contributed by atoms with van der Waals surface area (Å²) >= 11 is 5.34. The smallest absolute Gasteiger partial charge is 0.252 e. The summed E-state index contributed by atoms with van der Waals surface area (Å²) in [7, 11) is 0. The van der Waals surface area contributed by atoms with E-state index in [0.29, 0.717) is 23.8 Å². The number of carbonyl (C=O) groups is 1. The molecule has 0 amide bonds. The Bertz CT molecular complexity index is 321. The van der Waals surface area contributed by atoms with Crippen LogP contribution in [0.1, 0.15) is 24.2 Å². The van der Waals surface area contributed by atoms with Crippen molar-refractivity contribution in [2.45, 2.75) is 13.8 Å². The molecule has 1 aromatic rings. The van der Waals surface area contributed by atoms with Crippen molar-refractivity contribution in [3.05, 3.63) is 29.8 Å². The summed E-state index contributed by atoms with van der Waals surface area (Å²) in [5.74, 6) is 1.15. The number of hydrogen-bond acceptors (Lipinski definition) is 2. The van der Waals surface area contributed by atoms with Crippen molar-refractivity contribution in [2.24, 2.45) is 5.92 Å². The third-order valence-electron chi connectivity index (χ3n) is 1.64. The molecule has 2 nitrogen and oxygen atoms in total. The first kappa shape index (κ1) is 11.1. The number of rotatable bonds is 4. The van der Waals surface area contributed by atoms with E-state index in [9.17, 15) is 4.79 Å². The van der Waals surface area contributed by atoms with Gasteiger partial charge in [-0.2, -0.15) is 0 Å². The first-order valence-electron chi connectivity index (χ1n) is 4.52. The van der Waals surface area contributed by atoms with E-state index in [1.165, 1.54) is 0 Å². The lowest BCUT2D eigenvalue weighted by Crippen LogP contribution is -2.04. The highest BCUT2D eigenvalue weighted by atomic mass is 35.5. The summed E-state index contributed by atoms with van der Waals surface area (Å²) in [6.07, 6.45) is 0. The Hall–Kier alpha value is -1.02. The van der Waals surface area contributed by atoms with Gasteiger partial charge in [0, 0.05) is 5.56 Å². The van der Waals surface area contributed by atoms with Crippen molar-refractivity contribution in [2.75, 3.05) is 6.61 Å². The Morgan fingerprint density at radius 1 is 1.50 bits per heavy atom. The fourth-order valence-electron chi connectivity index (χ4n) is 0.971. The molecular formula is C11H13ClO2. The average molecular weight is 213 g/mol. The van der Waals surface area contributed by atoms with Gasteiger partial charge < -0.3 is 4.74 Å². The first-order valence-corrected chi connectivity index (χ1v) is 4.90. The van der Waals surface area contributed by atoms with Gasteiger partial charge in [0.05, 0.1) is 6.61 Å². The summed E-state index contributed by atoms with van der Waals surface area (Å²) in [5.41, 5.74) is 0.466. The van der Waals surface area contributed by atoms with Crippen LogP contribution in [0.15, 0.2) is 24.3 Å². The van der Waals surface area contributed by atoms with Crippen molar-refractivity contribution < 1.29 is 9.53 Å². The van der Waals surface area contributed by atoms with Crippen LogP contribution in [0, 0.1) is 5.92 Å². The zero-order valence-corrected chi connectivity index (χ0v) is 9.04. The van der Waals surface area contributed by atoms with Crippen molar-refractivity contribution in [1.82, 2.24) is 0 Å². The molecule has 0 bridgehead atoms. The quantitative estimate of drug-likeness (QED) is 0.717. The van der Waals surface area contributed by atoms with Crippen LogP contribution in [0.2, 0.25) is 0 Å². The summed E-state index contributed by atoms with van der Waals surface area (Å²) < 4.78 is 5.45. The maximum Gasteiger partial charge on any atom is 0.252 e. The molecule has 3 heteroatoms. The highest BCUT2D eigenvalue weighted by molar-refractivity contribution is 6.67. The lowest BCUT2D eigenvalue weighted by Gasteiger charge is -2.08. The fourth-order valence-corrected chi connectivity index (χ4v) is 1.09. The van der Waals surface area contributed by atoms with Crippen molar-refractivity contribution in [3.63, 3.8) is 0 Å². The van der Waals surface area contributed by atoms with Gasteiger partial charge in [-0.25, -0.2) is 0 Å². The van der Waals surface area contributed by atoms with E-state index in [4.69, 9.17) is 16.3 Å². The van der Waals surface area contributed by atoms with Crippen molar-refractivity contribution >= 4 is 16.8 Å². The summed E-state index contributed by atoms with van der Waals surface area (Å²) in [4.78, 5) is 10.8. The first-order chi connectivity index (χ1) is 6.59. The van der Waals surface area contributed by atoms with E-state index in [2.05, 4.69) is 13.8 Å². The lowest BCUT2D eigenvalue weighted by atomic mass is 10.2. The number of hydrogen-bond donors (Lipinski definition) is 0. The van der Waals surface area contributed by atoms with Gasteiger partial charge in [0.2, 0.25) is 0 Å². The molecule has 0 unspecified atom stereocenters. The largest absolute Gasteiger partial charge is 0.493 e. The van der Waals surface area contributed by atoms with Crippen LogP contribution in [-0.4, -0.2) is 11.8 Å². The zero-order valence-electron chi connectivity index (χ0n) is 8.29. The van der Waals surface area contributed by atoms with Crippen LogP contribution in [-0.2, 0) is 0 Å². The highest BCUT2D eigenvalue weighted by Gasteiger charge is 2.03. The van der Waals surface area contributed by atoms with Gasteiger partial charge in [0.1, 0.15) is 5.75 Å². The second-order valence-electron chi connectivity index (χ2n) is 3.51. The fraction of sp³-hybridized carbons (Fsp3) is 0.364. The van der Waals surface area contributed by atoms with Crippen LogP contribution in [0.3, 0.4) is 0 Å². The van der Waals surface area contributed by atoms with Crippen molar-refractivity contribution in [3.8, 4) is 5.75 Å². The SMILES string of the molecule is CC(C)COc1cccc(C(=O)Cl)c1. The maximum absolute atomic E-state index is 10.8. The lowest BCUT2D eigenvalue weighted by molar-refractivity contribution is 0.108. The molecule has 0 spiro atoms.